The average Bonchev–Trinajstić information content (AvgIpc) is 2.97. The van der Waals surface area contributed by atoms with Gasteiger partial charge in [-0.05, 0) is 24.8 Å². The van der Waals surface area contributed by atoms with Gasteiger partial charge in [-0.3, -0.25) is 0 Å². The van der Waals surface area contributed by atoms with Crippen LogP contribution in [0.5, 0.6) is 5.75 Å². The standard InChI is InChI=1S/C10H15NO2S/c1-13-8-4-9(6-2-3-6)14-10(8)7(11)5-12/h4,6-7,12H,2-3,5,11H2,1H3. The molecule has 1 unspecified atom stereocenters. The van der Waals surface area contributed by atoms with Gasteiger partial charge in [0.2, 0.25) is 0 Å². The highest BCUT2D eigenvalue weighted by atomic mass is 32.1. The Bertz CT molecular complexity index is 320. The summed E-state index contributed by atoms with van der Waals surface area (Å²) in [6.07, 6.45) is 2.55. The van der Waals surface area contributed by atoms with E-state index in [2.05, 4.69) is 6.07 Å². The molecule has 0 aromatic carbocycles. The van der Waals surface area contributed by atoms with Crippen LogP contribution in [0.3, 0.4) is 0 Å². The normalized spacial score (nSPS) is 18.2. The zero-order chi connectivity index (χ0) is 10.1. The molecule has 1 aromatic heterocycles. The highest BCUT2D eigenvalue weighted by Crippen LogP contribution is 2.47. The molecule has 78 valence electrons. The summed E-state index contributed by atoms with van der Waals surface area (Å²) in [7, 11) is 1.65. The maximum absolute atomic E-state index is 9.00. The van der Waals surface area contributed by atoms with Crippen molar-refractivity contribution in [3.8, 4) is 5.75 Å². The first kappa shape index (κ1) is 9.96. The zero-order valence-electron chi connectivity index (χ0n) is 8.19. The van der Waals surface area contributed by atoms with E-state index in [4.69, 9.17) is 15.6 Å². The van der Waals surface area contributed by atoms with Gasteiger partial charge in [0.25, 0.3) is 0 Å². The molecule has 1 atom stereocenters. The van der Waals surface area contributed by atoms with E-state index in [1.54, 1.807) is 18.4 Å². The van der Waals surface area contributed by atoms with E-state index >= 15 is 0 Å². The molecule has 1 aromatic rings. The van der Waals surface area contributed by atoms with Crippen LogP contribution < -0.4 is 10.5 Å². The first-order chi connectivity index (χ1) is 6.76. The number of hydrogen-bond donors (Lipinski definition) is 2. The highest BCUT2D eigenvalue weighted by molar-refractivity contribution is 7.12. The Morgan fingerprint density at radius 2 is 2.43 bits per heavy atom. The summed E-state index contributed by atoms with van der Waals surface area (Å²) in [5.74, 6) is 1.55. The maximum atomic E-state index is 9.00. The summed E-state index contributed by atoms with van der Waals surface area (Å²) in [4.78, 5) is 2.32. The van der Waals surface area contributed by atoms with E-state index in [-0.39, 0.29) is 12.6 Å². The third kappa shape index (κ3) is 1.78. The van der Waals surface area contributed by atoms with E-state index in [9.17, 15) is 0 Å². The Kier molecular flexibility index (Phi) is 2.76. The average molecular weight is 213 g/mol. The van der Waals surface area contributed by atoms with E-state index < -0.39 is 0 Å². The molecule has 1 aliphatic carbocycles. The number of aliphatic hydroxyl groups excluding tert-OH is 1. The molecule has 0 aliphatic heterocycles. The fourth-order valence-corrected chi connectivity index (χ4v) is 2.77. The maximum Gasteiger partial charge on any atom is 0.134 e. The van der Waals surface area contributed by atoms with E-state index in [1.807, 2.05) is 0 Å². The predicted molar refractivity (Wildman–Crippen MR) is 56.9 cm³/mol. The first-order valence-corrected chi connectivity index (χ1v) is 5.62. The van der Waals surface area contributed by atoms with Crippen molar-refractivity contribution in [3.63, 3.8) is 0 Å². The Hall–Kier alpha value is -0.580. The molecule has 1 saturated carbocycles. The third-order valence-electron chi connectivity index (χ3n) is 2.48. The largest absolute Gasteiger partial charge is 0.496 e. The Morgan fingerprint density at radius 1 is 1.71 bits per heavy atom. The number of aliphatic hydroxyl groups is 1. The van der Waals surface area contributed by atoms with Crippen LogP contribution in [-0.2, 0) is 0 Å². The van der Waals surface area contributed by atoms with Crippen molar-refractivity contribution >= 4 is 11.3 Å². The Balaban J connectivity index is 2.26. The first-order valence-electron chi connectivity index (χ1n) is 4.80. The molecule has 0 spiro atoms. The number of rotatable bonds is 4. The topological polar surface area (TPSA) is 55.5 Å². The second kappa shape index (κ2) is 3.88. The summed E-state index contributed by atoms with van der Waals surface area (Å²) in [5.41, 5.74) is 5.78. The van der Waals surface area contributed by atoms with Crippen LogP contribution in [0.1, 0.15) is 34.6 Å². The second-order valence-electron chi connectivity index (χ2n) is 3.64. The predicted octanol–water partition coefficient (Wildman–Crippen LogP) is 1.63. The van der Waals surface area contributed by atoms with Crippen LogP contribution in [0.15, 0.2) is 6.07 Å². The lowest BCUT2D eigenvalue weighted by atomic mass is 10.2. The highest BCUT2D eigenvalue weighted by Gasteiger charge is 2.28. The smallest absolute Gasteiger partial charge is 0.134 e. The summed E-state index contributed by atoms with van der Waals surface area (Å²) >= 11 is 1.68. The Morgan fingerprint density at radius 3 is 2.93 bits per heavy atom. The minimum atomic E-state index is -0.303. The quantitative estimate of drug-likeness (QED) is 0.799. The summed E-state index contributed by atoms with van der Waals surface area (Å²) < 4.78 is 5.25. The molecule has 0 bridgehead atoms. The van der Waals surface area contributed by atoms with Gasteiger partial charge in [0.15, 0.2) is 0 Å². The van der Waals surface area contributed by atoms with Crippen molar-refractivity contribution in [1.29, 1.82) is 0 Å². The number of thiophene rings is 1. The molecule has 0 radical (unpaired) electrons. The van der Waals surface area contributed by atoms with E-state index in [1.165, 1.54) is 17.7 Å². The van der Waals surface area contributed by atoms with Crippen molar-refractivity contribution in [2.75, 3.05) is 13.7 Å². The molecule has 1 fully saturated rings. The SMILES string of the molecule is COc1cc(C2CC2)sc1C(N)CO. The van der Waals surface area contributed by atoms with Crippen LogP contribution in [0.2, 0.25) is 0 Å². The summed E-state index contributed by atoms with van der Waals surface area (Å²) in [6.45, 7) is -0.0268. The lowest BCUT2D eigenvalue weighted by Crippen LogP contribution is -2.13. The second-order valence-corrected chi connectivity index (χ2v) is 4.76. The minimum Gasteiger partial charge on any atom is -0.496 e. The molecule has 1 aliphatic rings. The lowest BCUT2D eigenvalue weighted by Gasteiger charge is -2.07. The molecule has 3 nitrogen and oxygen atoms in total. The monoisotopic (exact) mass is 213 g/mol. The lowest BCUT2D eigenvalue weighted by molar-refractivity contribution is 0.266. The van der Waals surface area contributed by atoms with Gasteiger partial charge in [0.1, 0.15) is 5.75 Å². The molecule has 4 heteroatoms. The molecular weight excluding hydrogens is 198 g/mol. The zero-order valence-corrected chi connectivity index (χ0v) is 9.01. The van der Waals surface area contributed by atoms with Crippen LogP contribution in [0, 0.1) is 0 Å². The van der Waals surface area contributed by atoms with E-state index in [0.29, 0.717) is 5.92 Å². The van der Waals surface area contributed by atoms with Crippen LogP contribution in [0.25, 0.3) is 0 Å². The molecule has 14 heavy (non-hydrogen) atoms. The number of ether oxygens (including phenoxy) is 1. The molecule has 0 saturated heterocycles. The van der Waals surface area contributed by atoms with Gasteiger partial charge in [-0.15, -0.1) is 11.3 Å². The Labute approximate surface area is 87.5 Å². The van der Waals surface area contributed by atoms with Crippen LogP contribution in [0.4, 0.5) is 0 Å². The summed E-state index contributed by atoms with van der Waals surface area (Å²) in [6, 6.07) is 1.76. The molecular formula is C10H15NO2S. The summed E-state index contributed by atoms with van der Waals surface area (Å²) in [5, 5.41) is 9.00. The van der Waals surface area contributed by atoms with Crippen molar-refractivity contribution in [3.05, 3.63) is 15.8 Å². The van der Waals surface area contributed by atoms with Gasteiger partial charge < -0.3 is 15.6 Å². The number of methoxy groups -OCH3 is 1. The van der Waals surface area contributed by atoms with Crippen molar-refractivity contribution in [1.82, 2.24) is 0 Å². The fraction of sp³-hybridized carbons (Fsp3) is 0.600. The van der Waals surface area contributed by atoms with Gasteiger partial charge in [-0.25, -0.2) is 0 Å². The van der Waals surface area contributed by atoms with Gasteiger partial charge in [-0.2, -0.15) is 0 Å². The number of nitrogens with two attached hydrogens (primary N) is 1. The molecule has 3 N–H and O–H groups in total. The van der Waals surface area contributed by atoms with Gasteiger partial charge in [0.05, 0.1) is 24.6 Å². The molecule has 1 heterocycles. The van der Waals surface area contributed by atoms with Gasteiger partial charge in [0, 0.05) is 4.88 Å². The van der Waals surface area contributed by atoms with Crippen molar-refractivity contribution < 1.29 is 9.84 Å². The molecule has 0 amide bonds. The van der Waals surface area contributed by atoms with Crippen molar-refractivity contribution in [2.45, 2.75) is 24.8 Å². The van der Waals surface area contributed by atoms with Gasteiger partial charge >= 0.3 is 0 Å². The molecule has 2 rings (SSSR count). The van der Waals surface area contributed by atoms with Crippen LogP contribution >= 0.6 is 11.3 Å². The fourth-order valence-electron chi connectivity index (χ4n) is 1.48. The van der Waals surface area contributed by atoms with Crippen molar-refractivity contribution in [2.24, 2.45) is 5.73 Å². The number of hydrogen-bond acceptors (Lipinski definition) is 4. The van der Waals surface area contributed by atoms with E-state index in [0.717, 1.165) is 10.6 Å². The third-order valence-corrected chi connectivity index (χ3v) is 3.89. The minimum absolute atomic E-state index is 0.0268. The van der Waals surface area contributed by atoms with Crippen LogP contribution in [-0.4, -0.2) is 18.8 Å². The van der Waals surface area contributed by atoms with Gasteiger partial charge in [-0.1, -0.05) is 0 Å².